The number of para-hydroxylation sites is 1. The van der Waals surface area contributed by atoms with Crippen LogP contribution in [0, 0.1) is 10.1 Å². The first-order valence-electron chi connectivity index (χ1n) is 6.71. The van der Waals surface area contributed by atoms with Gasteiger partial charge in [0.1, 0.15) is 6.04 Å². The average molecular weight is 456 g/mol. The summed E-state index contributed by atoms with van der Waals surface area (Å²) in [6.45, 7) is 3.30. The lowest BCUT2D eigenvalue weighted by molar-refractivity contribution is -0.387. The third-order valence-corrected chi connectivity index (χ3v) is 4.82. The van der Waals surface area contributed by atoms with Gasteiger partial charge >= 0.3 is 5.97 Å². The van der Waals surface area contributed by atoms with Crippen LogP contribution >= 0.6 is 22.6 Å². The van der Waals surface area contributed by atoms with Gasteiger partial charge in [-0.1, -0.05) is 34.7 Å². The minimum absolute atomic E-state index is 0.214. The van der Waals surface area contributed by atoms with E-state index in [1.165, 1.54) is 12.1 Å². The maximum atomic E-state index is 12.4. The largest absolute Gasteiger partial charge is 0.462 e. The van der Waals surface area contributed by atoms with Gasteiger partial charge in [-0.05, 0) is 26.3 Å². The maximum absolute atomic E-state index is 12.4. The molecule has 0 amide bonds. The molecule has 0 heterocycles. The highest BCUT2D eigenvalue weighted by Crippen LogP contribution is 2.23. The van der Waals surface area contributed by atoms with Gasteiger partial charge in [-0.25, -0.2) is 8.42 Å². The van der Waals surface area contributed by atoms with Gasteiger partial charge in [0, 0.05) is 10.5 Å². The Morgan fingerprint density at radius 3 is 2.52 bits per heavy atom. The van der Waals surface area contributed by atoms with Gasteiger partial charge in [0.15, 0.2) is 4.90 Å². The zero-order chi connectivity index (χ0) is 17.6. The van der Waals surface area contributed by atoms with E-state index in [1.54, 1.807) is 13.8 Å². The fourth-order valence-corrected chi connectivity index (χ4v) is 3.75. The highest BCUT2D eigenvalue weighted by molar-refractivity contribution is 14.1. The van der Waals surface area contributed by atoms with E-state index in [4.69, 9.17) is 4.74 Å². The van der Waals surface area contributed by atoms with Gasteiger partial charge in [-0.2, -0.15) is 4.72 Å². The van der Waals surface area contributed by atoms with Crippen molar-refractivity contribution in [2.45, 2.75) is 37.3 Å². The molecule has 1 N–H and O–H groups in total. The van der Waals surface area contributed by atoms with Crippen molar-refractivity contribution in [3.05, 3.63) is 34.4 Å². The van der Waals surface area contributed by atoms with Crippen molar-refractivity contribution in [2.75, 3.05) is 4.43 Å². The molecule has 8 nitrogen and oxygen atoms in total. The van der Waals surface area contributed by atoms with Crippen molar-refractivity contribution in [1.29, 1.82) is 0 Å². The lowest BCUT2D eigenvalue weighted by Gasteiger charge is -2.18. The molecule has 0 aliphatic carbocycles. The zero-order valence-corrected chi connectivity index (χ0v) is 15.5. The first-order chi connectivity index (χ1) is 10.7. The summed E-state index contributed by atoms with van der Waals surface area (Å²) in [6, 6.07) is 3.86. The Kier molecular flexibility index (Phi) is 7.35. The van der Waals surface area contributed by atoms with Gasteiger partial charge in [-0.15, -0.1) is 0 Å². The Balaban J connectivity index is 3.12. The summed E-state index contributed by atoms with van der Waals surface area (Å²) in [4.78, 5) is 21.7. The highest BCUT2D eigenvalue weighted by atomic mass is 127. The smallest absolute Gasteiger partial charge is 0.324 e. The summed E-state index contributed by atoms with van der Waals surface area (Å²) in [6.07, 6.45) is -0.179. The number of nitrogens with one attached hydrogen (secondary N) is 1. The number of hydrogen-bond donors (Lipinski definition) is 1. The molecule has 1 aromatic rings. The molecule has 128 valence electrons. The Labute approximate surface area is 147 Å². The van der Waals surface area contributed by atoms with Crippen molar-refractivity contribution in [3.63, 3.8) is 0 Å². The number of hydrogen-bond acceptors (Lipinski definition) is 6. The van der Waals surface area contributed by atoms with Gasteiger partial charge < -0.3 is 4.74 Å². The maximum Gasteiger partial charge on any atom is 0.324 e. The van der Waals surface area contributed by atoms with Crippen LogP contribution in [0.1, 0.15) is 20.3 Å². The number of rotatable bonds is 8. The van der Waals surface area contributed by atoms with E-state index in [0.29, 0.717) is 4.43 Å². The lowest BCUT2D eigenvalue weighted by Crippen LogP contribution is -2.42. The molecule has 1 atom stereocenters. The predicted molar refractivity (Wildman–Crippen MR) is 91.9 cm³/mol. The molecule has 0 radical (unpaired) electrons. The van der Waals surface area contributed by atoms with Crippen molar-refractivity contribution in [1.82, 2.24) is 4.72 Å². The molecule has 1 rings (SSSR count). The standard InChI is InChI=1S/C13H17IN2O6S/c1-9(2)22-13(17)10(7-8-14)15-23(20,21)12-6-4-3-5-11(12)16(18)19/h3-6,9-10,15H,7-8H2,1-2H3/t10-/m0/s1. The van der Waals surface area contributed by atoms with Crippen LogP contribution < -0.4 is 4.72 Å². The molecule has 0 aliphatic heterocycles. The molecular weight excluding hydrogens is 439 g/mol. The average Bonchev–Trinajstić information content (AvgIpc) is 2.45. The quantitative estimate of drug-likeness (QED) is 0.210. The molecule has 0 aromatic heterocycles. The van der Waals surface area contributed by atoms with Gasteiger partial charge in [0.2, 0.25) is 10.0 Å². The topological polar surface area (TPSA) is 116 Å². The SMILES string of the molecule is CC(C)OC(=O)[C@H](CCI)NS(=O)(=O)c1ccccc1[N+](=O)[O-]. The number of carbonyl (C=O) groups is 1. The molecule has 0 fully saturated rings. The number of nitrogens with zero attached hydrogens (tertiary/aromatic N) is 1. The van der Waals surface area contributed by atoms with Crippen LogP contribution in [0.5, 0.6) is 0 Å². The van der Waals surface area contributed by atoms with Crippen LogP contribution in [0.2, 0.25) is 0 Å². The molecule has 23 heavy (non-hydrogen) atoms. The summed E-state index contributed by atoms with van der Waals surface area (Å²) in [5.74, 6) is -0.709. The van der Waals surface area contributed by atoms with E-state index in [2.05, 4.69) is 4.72 Å². The minimum atomic E-state index is -4.23. The van der Waals surface area contributed by atoms with Crippen LogP contribution in [-0.2, 0) is 19.6 Å². The summed E-state index contributed by atoms with van der Waals surface area (Å²) in [5, 5.41) is 11.0. The van der Waals surface area contributed by atoms with E-state index in [1.807, 2.05) is 22.6 Å². The Hall–Kier alpha value is -1.27. The Morgan fingerprint density at radius 1 is 1.39 bits per heavy atom. The second-order valence-electron chi connectivity index (χ2n) is 4.86. The monoisotopic (exact) mass is 456 g/mol. The molecular formula is C13H17IN2O6S. The third-order valence-electron chi connectivity index (χ3n) is 2.68. The molecule has 0 unspecified atom stereocenters. The summed E-state index contributed by atoms with van der Waals surface area (Å²) in [7, 11) is -4.23. The molecule has 10 heteroatoms. The second-order valence-corrected chi connectivity index (χ2v) is 7.62. The van der Waals surface area contributed by atoms with Crippen LogP contribution in [0.25, 0.3) is 0 Å². The highest BCUT2D eigenvalue weighted by Gasteiger charge is 2.31. The first kappa shape index (κ1) is 19.8. The molecule has 0 saturated heterocycles. The number of carbonyl (C=O) groups excluding carboxylic acids is 1. The van der Waals surface area contributed by atoms with Crippen molar-refractivity contribution in [2.24, 2.45) is 0 Å². The van der Waals surface area contributed by atoms with E-state index >= 15 is 0 Å². The number of halogens is 1. The summed E-state index contributed by atoms with van der Waals surface area (Å²) >= 11 is 2.00. The van der Waals surface area contributed by atoms with E-state index in [9.17, 15) is 23.3 Å². The van der Waals surface area contributed by atoms with Gasteiger partial charge in [-0.3, -0.25) is 14.9 Å². The Bertz CT molecular complexity index is 677. The lowest BCUT2D eigenvalue weighted by atomic mass is 10.2. The molecule has 0 aliphatic rings. The van der Waals surface area contributed by atoms with Crippen molar-refractivity contribution in [3.8, 4) is 0 Å². The van der Waals surface area contributed by atoms with Crippen molar-refractivity contribution < 1.29 is 22.9 Å². The van der Waals surface area contributed by atoms with Crippen LogP contribution in [-0.4, -0.2) is 35.9 Å². The van der Waals surface area contributed by atoms with Crippen LogP contribution in [0.3, 0.4) is 0 Å². The van der Waals surface area contributed by atoms with Crippen molar-refractivity contribution >= 4 is 44.3 Å². The number of nitro groups is 1. The number of ether oxygens (including phenoxy) is 1. The minimum Gasteiger partial charge on any atom is -0.462 e. The molecule has 0 spiro atoms. The number of esters is 1. The first-order valence-corrected chi connectivity index (χ1v) is 9.72. The van der Waals surface area contributed by atoms with E-state index in [-0.39, 0.29) is 6.42 Å². The third kappa shape index (κ3) is 5.70. The molecule has 0 bridgehead atoms. The zero-order valence-electron chi connectivity index (χ0n) is 12.6. The second kappa shape index (κ2) is 8.55. The number of nitro benzene ring substituents is 1. The molecule has 1 aromatic carbocycles. The number of benzene rings is 1. The normalized spacial score (nSPS) is 12.9. The summed E-state index contributed by atoms with van der Waals surface area (Å²) in [5.41, 5.74) is -0.551. The van der Waals surface area contributed by atoms with Crippen LogP contribution in [0.4, 0.5) is 5.69 Å². The predicted octanol–water partition coefficient (Wildman–Crippen LogP) is 2.02. The Morgan fingerprint density at radius 2 is 2.00 bits per heavy atom. The number of alkyl halides is 1. The van der Waals surface area contributed by atoms with E-state index < -0.39 is 43.6 Å². The summed E-state index contributed by atoms with van der Waals surface area (Å²) < 4.78 is 32.5. The fraction of sp³-hybridized carbons (Fsp3) is 0.462. The van der Waals surface area contributed by atoms with E-state index in [0.717, 1.165) is 12.1 Å². The van der Waals surface area contributed by atoms with Gasteiger partial charge in [0.25, 0.3) is 5.69 Å². The number of sulfonamides is 1. The molecule has 0 saturated carbocycles. The van der Waals surface area contributed by atoms with Crippen LogP contribution in [0.15, 0.2) is 29.2 Å². The van der Waals surface area contributed by atoms with Gasteiger partial charge in [0.05, 0.1) is 11.0 Å². The fourth-order valence-electron chi connectivity index (χ4n) is 1.73.